The van der Waals surface area contributed by atoms with Gasteiger partial charge in [-0.1, -0.05) is 42.5 Å². The van der Waals surface area contributed by atoms with Gasteiger partial charge < -0.3 is 0 Å². The van der Waals surface area contributed by atoms with Gasteiger partial charge in [0.15, 0.2) is 0 Å². The Morgan fingerprint density at radius 3 is 2.00 bits per heavy atom. The third kappa shape index (κ3) is 3.08. The van der Waals surface area contributed by atoms with Crippen LogP contribution >= 0.6 is 0 Å². The molecule has 0 N–H and O–H groups in total. The first-order chi connectivity index (χ1) is 4.30. The maximum absolute atomic E-state index is 3.83. The fraction of sp³-hybridized carbons (Fsp3) is 0.111. The minimum Gasteiger partial charge on any atom is -0.0955 e. The number of hydrogen-bond donors (Lipinski definition) is 0. The van der Waals surface area contributed by atoms with Gasteiger partial charge in [-0.25, -0.2) is 0 Å². The Kier molecular flexibility index (Phi) is 5.49. The number of benzene rings is 1. The first kappa shape index (κ1) is 10.5. The van der Waals surface area contributed by atoms with E-state index in [0.717, 1.165) is 5.57 Å². The molecular weight excluding hydrogens is 245 g/mol. The molecule has 46 valence electrons. The molecule has 10 heavy (non-hydrogen) atoms. The Labute approximate surface area is 102 Å². The standard InChI is InChI=1S/C9H10.Ba/c1-8(2)9-6-4-3-5-7-9;/h3-7H,1H2,2H3;/q;+2. The summed E-state index contributed by atoms with van der Waals surface area (Å²) >= 11 is 0. The zero-order valence-electron chi connectivity index (χ0n) is 6.30. The second-order valence-corrected chi connectivity index (χ2v) is 2.15. The van der Waals surface area contributed by atoms with E-state index in [9.17, 15) is 0 Å². The van der Waals surface area contributed by atoms with Crippen molar-refractivity contribution < 1.29 is 0 Å². The van der Waals surface area contributed by atoms with Crippen molar-refractivity contribution in [1.29, 1.82) is 0 Å². The maximum atomic E-state index is 3.83. The third-order valence-corrected chi connectivity index (χ3v) is 1.27. The topological polar surface area (TPSA) is 0 Å². The minimum atomic E-state index is 0. The van der Waals surface area contributed by atoms with E-state index >= 15 is 0 Å². The van der Waals surface area contributed by atoms with Crippen molar-refractivity contribution in [3.63, 3.8) is 0 Å². The molecule has 0 aromatic heterocycles. The molecule has 0 spiro atoms. The van der Waals surface area contributed by atoms with Gasteiger partial charge in [-0.3, -0.25) is 0 Å². The van der Waals surface area contributed by atoms with E-state index in [-0.39, 0.29) is 48.9 Å². The molecule has 1 heteroatoms. The zero-order valence-corrected chi connectivity index (χ0v) is 10.7. The van der Waals surface area contributed by atoms with Crippen LogP contribution < -0.4 is 0 Å². The molecule has 0 nitrogen and oxygen atoms in total. The molecule has 1 rings (SSSR count). The van der Waals surface area contributed by atoms with Crippen LogP contribution in [0.5, 0.6) is 0 Å². The SMILES string of the molecule is C=C(C)c1ccccc1.[Ba+2]. The first-order valence-corrected chi connectivity index (χ1v) is 3.01. The summed E-state index contributed by atoms with van der Waals surface area (Å²) in [7, 11) is 0. The second-order valence-electron chi connectivity index (χ2n) is 2.15. The summed E-state index contributed by atoms with van der Waals surface area (Å²) in [5.74, 6) is 0. The van der Waals surface area contributed by atoms with Crippen LogP contribution in [0, 0.1) is 0 Å². The largest absolute Gasteiger partial charge is 2.00 e. The zero-order chi connectivity index (χ0) is 6.69. The monoisotopic (exact) mass is 256 g/mol. The molecule has 1 aromatic rings. The van der Waals surface area contributed by atoms with Crippen molar-refractivity contribution in [2.45, 2.75) is 6.92 Å². The fourth-order valence-electron chi connectivity index (χ4n) is 0.723. The van der Waals surface area contributed by atoms with Gasteiger partial charge in [0.25, 0.3) is 0 Å². The molecule has 0 bridgehead atoms. The molecule has 0 radical (unpaired) electrons. The summed E-state index contributed by atoms with van der Waals surface area (Å²) in [5, 5.41) is 0. The molecule has 0 saturated heterocycles. The number of hydrogen-bond acceptors (Lipinski definition) is 0. The molecule has 0 aliphatic heterocycles. The molecule has 0 fully saturated rings. The van der Waals surface area contributed by atoms with E-state index in [4.69, 9.17) is 0 Å². The van der Waals surface area contributed by atoms with Gasteiger partial charge in [0.2, 0.25) is 0 Å². The summed E-state index contributed by atoms with van der Waals surface area (Å²) in [5.41, 5.74) is 2.34. The summed E-state index contributed by atoms with van der Waals surface area (Å²) in [6.07, 6.45) is 0. The Balaban J connectivity index is 0.000000810. The molecule has 0 saturated carbocycles. The Hall–Kier alpha value is 0.531. The van der Waals surface area contributed by atoms with Gasteiger partial charge in [0.1, 0.15) is 0 Å². The fourth-order valence-corrected chi connectivity index (χ4v) is 0.723. The van der Waals surface area contributed by atoms with Crippen LogP contribution in [0.3, 0.4) is 0 Å². The second kappa shape index (κ2) is 5.22. The maximum Gasteiger partial charge on any atom is 2.00 e. The van der Waals surface area contributed by atoms with Gasteiger partial charge in [-0.05, 0) is 12.5 Å². The quantitative estimate of drug-likeness (QED) is 0.676. The summed E-state index contributed by atoms with van der Waals surface area (Å²) < 4.78 is 0. The Morgan fingerprint density at radius 2 is 1.70 bits per heavy atom. The van der Waals surface area contributed by atoms with Crippen molar-refractivity contribution in [2.24, 2.45) is 0 Å². The van der Waals surface area contributed by atoms with E-state index in [1.54, 1.807) is 0 Å². The van der Waals surface area contributed by atoms with Crippen LogP contribution in [-0.4, -0.2) is 48.9 Å². The van der Waals surface area contributed by atoms with Crippen molar-refractivity contribution >= 4 is 54.5 Å². The van der Waals surface area contributed by atoms with Crippen LogP contribution in [0.4, 0.5) is 0 Å². The van der Waals surface area contributed by atoms with E-state index in [2.05, 4.69) is 18.7 Å². The molecule has 0 unspecified atom stereocenters. The van der Waals surface area contributed by atoms with E-state index in [1.807, 2.05) is 25.1 Å². The molecular formula is C9H10Ba+2. The molecule has 0 heterocycles. The molecule has 0 aliphatic rings. The number of allylic oxidation sites excluding steroid dienone is 1. The first-order valence-electron chi connectivity index (χ1n) is 3.01. The molecule has 0 aliphatic carbocycles. The van der Waals surface area contributed by atoms with Gasteiger partial charge in [0, 0.05) is 0 Å². The smallest absolute Gasteiger partial charge is 0.0955 e. The Morgan fingerprint density at radius 1 is 1.20 bits per heavy atom. The van der Waals surface area contributed by atoms with Crippen molar-refractivity contribution in [3.05, 3.63) is 42.5 Å². The van der Waals surface area contributed by atoms with Crippen LogP contribution in [0.25, 0.3) is 5.57 Å². The minimum absolute atomic E-state index is 0. The van der Waals surface area contributed by atoms with Crippen LogP contribution in [0.1, 0.15) is 12.5 Å². The summed E-state index contributed by atoms with van der Waals surface area (Å²) in [6.45, 7) is 5.83. The van der Waals surface area contributed by atoms with E-state index in [0.29, 0.717) is 0 Å². The van der Waals surface area contributed by atoms with Gasteiger partial charge in [-0.15, -0.1) is 0 Å². The van der Waals surface area contributed by atoms with Crippen molar-refractivity contribution in [3.8, 4) is 0 Å². The average molecular weight is 256 g/mol. The predicted molar refractivity (Wildman–Crippen MR) is 46.9 cm³/mol. The molecule has 1 aromatic carbocycles. The average Bonchev–Trinajstić information content (AvgIpc) is 1.90. The van der Waals surface area contributed by atoms with Crippen LogP contribution in [0.15, 0.2) is 36.9 Å². The van der Waals surface area contributed by atoms with Crippen molar-refractivity contribution in [2.75, 3.05) is 0 Å². The van der Waals surface area contributed by atoms with Gasteiger partial charge >= 0.3 is 48.9 Å². The van der Waals surface area contributed by atoms with Gasteiger partial charge in [0.05, 0.1) is 0 Å². The van der Waals surface area contributed by atoms with Gasteiger partial charge in [-0.2, -0.15) is 0 Å². The van der Waals surface area contributed by atoms with E-state index < -0.39 is 0 Å². The molecule has 0 atom stereocenters. The summed E-state index contributed by atoms with van der Waals surface area (Å²) in [6, 6.07) is 10.2. The Bertz CT molecular complexity index is 201. The third-order valence-electron chi connectivity index (χ3n) is 1.27. The molecule has 0 amide bonds. The van der Waals surface area contributed by atoms with Crippen molar-refractivity contribution in [1.82, 2.24) is 0 Å². The summed E-state index contributed by atoms with van der Waals surface area (Å²) in [4.78, 5) is 0. The van der Waals surface area contributed by atoms with Crippen LogP contribution in [0.2, 0.25) is 0 Å². The predicted octanol–water partition coefficient (Wildman–Crippen LogP) is 2.34. The van der Waals surface area contributed by atoms with Crippen LogP contribution in [-0.2, 0) is 0 Å². The van der Waals surface area contributed by atoms with E-state index in [1.165, 1.54) is 5.56 Å². The number of rotatable bonds is 1. The normalized spacial score (nSPS) is 8.10.